The lowest BCUT2D eigenvalue weighted by molar-refractivity contribution is 0.190. The zero-order valence-corrected chi connectivity index (χ0v) is 11.6. The van der Waals surface area contributed by atoms with Gasteiger partial charge >= 0.3 is 0 Å². The van der Waals surface area contributed by atoms with Crippen LogP contribution in [0, 0.1) is 0 Å². The van der Waals surface area contributed by atoms with Gasteiger partial charge in [-0.25, -0.2) is 0 Å². The Bertz CT molecular complexity index is 378. The van der Waals surface area contributed by atoms with Crippen LogP contribution in [0.1, 0.15) is 30.4 Å². The number of likely N-dealkylation sites (tertiary alicyclic amines) is 1. The first kappa shape index (κ1) is 13.1. The van der Waals surface area contributed by atoms with E-state index in [0.29, 0.717) is 6.04 Å². The predicted octanol–water partition coefficient (Wildman–Crippen LogP) is 2.16. The normalized spacial score (nSPS) is 24.1. The molecule has 0 unspecified atom stereocenters. The predicted molar refractivity (Wildman–Crippen MR) is 77.0 cm³/mol. The van der Waals surface area contributed by atoms with E-state index in [1.165, 1.54) is 37.1 Å². The van der Waals surface area contributed by atoms with Gasteiger partial charge in [-0.05, 0) is 43.5 Å². The highest BCUT2D eigenvalue weighted by Crippen LogP contribution is 2.13. The molecule has 0 amide bonds. The van der Waals surface area contributed by atoms with E-state index in [0.717, 1.165) is 32.7 Å². The molecular formula is C16H24N2O. The highest BCUT2D eigenvalue weighted by Gasteiger charge is 2.14. The van der Waals surface area contributed by atoms with E-state index < -0.39 is 0 Å². The second-order valence-corrected chi connectivity index (χ2v) is 5.74. The van der Waals surface area contributed by atoms with Crippen LogP contribution in [-0.4, -0.2) is 37.2 Å². The van der Waals surface area contributed by atoms with E-state index in [2.05, 4.69) is 34.5 Å². The van der Waals surface area contributed by atoms with E-state index in [4.69, 9.17) is 4.74 Å². The van der Waals surface area contributed by atoms with Crippen molar-refractivity contribution in [3.05, 3.63) is 35.4 Å². The molecular weight excluding hydrogens is 236 g/mol. The monoisotopic (exact) mass is 260 g/mol. The third-order valence-corrected chi connectivity index (χ3v) is 4.15. The first-order valence-electron chi connectivity index (χ1n) is 7.51. The number of rotatable bonds is 5. The van der Waals surface area contributed by atoms with Crippen molar-refractivity contribution in [1.82, 2.24) is 10.2 Å². The number of nitrogens with zero attached hydrogens (tertiary/aromatic N) is 1. The van der Waals surface area contributed by atoms with E-state index in [9.17, 15) is 0 Å². The summed E-state index contributed by atoms with van der Waals surface area (Å²) in [6.45, 7) is 6.39. The maximum atomic E-state index is 5.37. The van der Waals surface area contributed by atoms with E-state index in [1.54, 1.807) is 0 Å². The van der Waals surface area contributed by atoms with Gasteiger partial charge in [0, 0.05) is 25.7 Å². The van der Waals surface area contributed by atoms with Gasteiger partial charge in [-0.2, -0.15) is 0 Å². The van der Waals surface area contributed by atoms with Gasteiger partial charge < -0.3 is 10.1 Å². The van der Waals surface area contributed by atoms with Crippen LogP contribution in [0.15, 0.2) is 24.3 Å². The van der Waals surface area contributed by atoms with Gasteiger partial charge in [0.05, 0.1) is 6.61 Å². The SMILES string of the molecule is c1cc(CN2CCCC2)ccc1CN[C@H]1CCOC1. The number of nitrogens with one attached hydrogen (secondary N) is 1. The maximum Gasteiger partial charge on any atom is 0.0620 e. The van der Waals surface area contributed by atoms with Crippen LogP contribution >= 0.6 is 0 Å². The molecule has 1 atom stereocenters. The molecule has 3 heteroatoms. The highest BCUT2D eigenvalue weighted by atomic mass is 16.5. The highest BCUT2D eigenvalue weighted by molar-refractivity contribution is 5.22. The zero-order valence-electron chi connectivity index (χ0n) is 11.6. The molecule has 2 heterocycles. The lowest BCUT2D eigenvalue weighted by atomic mass is 10.1. The molecule has 0 bridgehead atoms. The lowest BCUT2D eigenvalue weighted by Crippen LogP contribution is -2.28. The Kier molecular flexibility index (Phi) is 4.49. The molecule has 1 aromatic rings. The van der Waals surface area contributed by atoms with Gasteiger partial charge in [0.15, 0.2) is 0 Å². The Hall–Kier alpha value is -0.900. The molecule has 2 aliphatic heterocycles. The second-order valence-electron chi connectivity index (χ2n) is 5.74. The van der Waals surface area contributed by atoms with Gasteiger partial charge in [-0.3, -0.25) is 4.90 Å². The summed E-state index contributed by atoms with van der Waals surface area (Å²) < 4.78 is 5.37. The van der Waals surface area contributed by atoms with Gasteiger partial charge in [-0.1, -0.05) is 24.3 Å². The van der Waals surface area contributed by atoms with Gasteiger partial charge in [-0.15, -0.1) is 0 Å². The Labute approximate surface area is 115 Å². The summed E-state index contributed by atoms with van der Waals surface area (Å²) in [6, 6.07) is 9.62. The lowest BCUT2D eigenvalue weighted by Gasteiger charge is -2.15. The topological polar surface area (TPSA) is 24.5 Å². The van der Waals surface area contributed by atoms with Crippen molar-refractivity contribution in [3.8, 4) is 0 Å². The average molecular weight is 260 g/mol. The van der Waals surface area contributed by atoms with Crippen LogP contribution < -0.4 is 5.32 Å². The number of hydrogen-bond acceptors (Lipinski definition) is 3. The number of ether oxygens (including phenoxy) is 1. The Morgan fingerprint density at radius 3 is 2.53 bits per heavy atom. The van der Waals surface area contributed by atoms with E-state index in [1.807, 2.05) is 0 Å². The summed E-state index contributed by atoms with van der Waals surface area (Å²) >= 11 is 0. The zero-order chi connectivity index (χ0) is 12.9. The third kappa shape index (κ3) is 3.78. The maximum absolute atomic E-state index is 5.37. The molecule has 3 rings (SSSR count). The van der Waals surface area contributed by atoms with Crippen molar-refractivity contribution < 1.29 is 4.74 Å². The van der Waals surface area contributed by atoms with E-state index in [-0.39, 0.29) is 0 Å². The minimum atomic E-state index is 0.546. The Morgan fingerprint density at radius 1 is 1.11 bits per heavy atom. The van der Waals surface area contributed by atoms with Crippen LogP contribution in [0.4, 0.5) is 0 Å². The van der Waals surface area contributed by atoms with Crippen LogP contribution in [-0.2, 0) is 17.8 Å². The standard InChI is InChI=1S/C16H24N2O/c1-2-9-18(8-1)12-15-5-3-14(4-6-15)11-17-16-7-10-19-13-16/h3-6,16-17H,1-2,7-13H2/t16-/m0/s1. The summed E-state index contributed by atoms with van der Waals surface area (Å²) in [7, 11) is 0. The van der Waals surface area contributed by atoms with Crippen LogP contribution in [0.25, 0.3) is 0 Å². The van der Waals surface area contributed by atoms with Crippen molar-refractivity contribution in [2.45, 2.75) is 38.4 Å². The second kappa shape index (κ2) is 6.51. The van der Waals surface area contributed by atoms with Gasteiger partial charge in [0.2, 0.25) is 0 Å². The van der Waals surface area contributed by atoms with Crippen molar-refractivity contribution in [2.24, 2.45) is 0 Å². The molecule has 3 nitrogen and oxygen atoms in total. The summed E-state index contributed by atoms with van der Waals surface area (Å²) in [6.07, 6.45) is 3.88. The third-order valence-electron chi connectivity index (χ3n) is 4.15. The van der Waals surface area contributed by atoms with Crippen molar-refractivity contribution in [3.63, 3.8) is 0 Å². The first-order chi connectivity index (χ1) is 9.40. The van der Waals surface area contributed by atoms with Crippen molar-refractivity contribution >= 4 is 0 Å². The molecule has 104 valence electrons. The molecule has 0 aromatic heterocycles. The fraction of sp³-hybridized carbons (Fsp3) is 0.625. The fourth-order valence-electron chi connectivity index (χ4n) is 2.92. The molecule has 2 fully saturated rings. The molecule has 0 radical (unpaired) electrons. The number of hydrogen-bond donors (Lipinski definition) is 1. The summed E-state index contributed by atoms with van der Waals surface area (Å²) in [5.41, 5.74) is 2.81. The van der Waals surface area contributed by atoms with Gasteiger partial charge in [0.1, 0.15) is 0 Å². The molecule has 1 N–H and O–H groups in total. The smallest absolute Gasteiger partial charge is 0.0620 e. The fourth-order valence-corrected chi connectivity index (χ4v) is 2.92. The first-order valence-corrected chi connectivity index (χ1v) is 7.51. The molecule has 2 saturated heterocycles. The average Bonchev–Trinajstić information content (AvgIpc) is 3.11. The molecule has 0 aliphatic carbocycles. The summed E-state index contributed by atoms with van der Waals surface area (Å²) in [5, 5.41) is 3.56. The van der Waals surface area contributed by atoms with Crippen molar-refractivity contribution in [2.75, 3.05) is 26.3 Å². The number of benzene rings is 1. The molecule has 0 saturated carbocycles. The minimum Gasteiger partial charge on any atom is -0.380 e. The van der Waals surface area contributed by atoms with Crippen LogP contribution in [0.2, 0.25) is 0 Å². The molecule has 2 aliphatic rings. The summed E-state index contributed by atoms with van der Waals surface area (Å²) in [4.78, 5) is 2.54. The Morgan fingerprint density at radius 2 is 1.84 bits per heavy atom. The quantitative estimate of drug-likeness (QED) is 0.878. The van der Waals surface area contributed by atoms with Crippen LogP contribution in [0.5, 0.6) is 0 Å². The molecule has 1 aromatic carbocycles. The molecule has 0 spiro atoms. The van der Waals surface area contributed by atoms with Crippen LogP contribution in [0.3, 0.4) is 0 Å². The van der Waals surface area contributed by atoms with Crippen molar-refractivity contribution in [1.29, 1.82) is 0 Å². The summed E-state index contributed by atoms with van der Waals surface area (Å²) in [5.74, 6) is 0. The minimum absolute atomic E-state index is 0.546. The van der Waals surface area contributed by atoms with Gasteiger partial charge in [0.25, 0.3) is 0 Å². The Balaban J connectivity index is 1.47. The molecule has 19 heavy (non-hydrogen) atoms. The largest absolute Gasteiger partial charge is 0.380 e. The van der Waals surface area contributed by atoms with E-state index >= 15 is 0 Å².